The highest BCUT2D eigenvalue weighted by atomic mass is 32.2. The molecule has 2 aromatic rings. The predicted molar refractivity (Wildman–Crippen MR) is 81.8 cm³/mol. The SMILES string of the molecule is Cc1cc2c(N3CCS(=O)(=O)CC3)ccc(N)c2cn1. The maximum absolute atomic E-state index is 11.5. The first-order chi connectivity index (χ1) is 9.46. The maximum atomic E-state index is 11.5. The van der Waals surface area contributed by atoms with Gasteiger partial charge in [-0.25, -0.2) is 8.42 Å². The summed E-state index contributed by atoms with van der Waals surface area (Å²) < 4.78 is 23.1. The summed E-state index contributed by atoms with van der Waals surface area (Å²) in [5.41, 5.74) is 8.65. The average Bonchev–Trinajstić information content (AvgIpc) is 2.40. The van der Waals surface area contributed by atoms with Crippen molar-refractivity contribution in [2.75, 3.05) is 35.2 Å². The molecule has 1 aliphatic rings. The molecule has 0 saturated carbocycles. The second kappa shape index (κ2) is 4.63. The zero-order chi connectivity index (χ0) is 14.3. The molecule has 0 bridgehead atoms. The van der Waals surface area contributed by atoms with E-state index in [4.69, 9.17) is 5.73 Å². The van der Waals surface area contributed by atoms with E-state index in [1.807, 2.05) is 25.1 Å². The maximum Gasteiger partial charge on any atom is 0.153 e. The Hall–Kier alpha value is -1.82. The molecule has 20 heavy (non-hydrogen) atoms. The zero-order valence-corrected chi connectivity index (χ0v) is 12.2. The van der Waals surface area contributed by atoms with Gasteiger partial charge in [-0.2, -0.15) is 0 Å². The van der Waals surface area contributed by atoms with Gasteiger partial charge >= 0.3 is 0 Å². The minimum Gasteiger partial charge on any atom is -0.398 e. The summed E-state index contributed by atoms with van der Waals surface area (Å²) in [6, 6.07) is 5.83. The van der Waals surface area contributed by atoms with Crippen molar-refractivity contribution in [3.8, 4) is 0 Å². The summed E-state index contributed by atoms with van der Waals surface area (Å²) >= 11 is 0. The summed E-state index contributed by atoms with van der Waals surface area (Å²) in [6.07, 6.45) is 1.78. The summed E-state index contributed by atoms with van der Waals surface area (Å²) in [5, 5.41) is 1.96. The number of aromatic nitrogens is 1. The Morgan fingerprint density at radius 3 is 2.60 bits per heavy atom. The number of nitrogens with zero attached hydrogens (tertiary/aromatic N) is 2. The molecule has 3 rings (SSSR count). The summed E-state index contributed by atoms with van der Waals surface area (Å²) in [7, 11) is -2.87. The van der Waals surface area contributed by atoms with Crippen LogP contribution in [0, 0.1) is 6.92 Å². The average molecular weight is 291 g/mol. The number of hydrogen-bond acceptors (Lipinski definition) is 5. The molecule has 6 heteroatoms. The third kappa shape index (κ3) is 2.31. The van der Waals surface area contributed by atoms with Crippen LogP contribution in [0.15, 0.2) is 24.4 Å². The molecule has 0 atom stereocenters. The van der Waals surface area contributed by atoms with E-state index < -0.39 is 9.84 Å². The van der Waals surface area contributed by atoms with Crippen LogP contribution in [-0.2, 0) is 9.84 Å². The lowest BCUT2D eigenvalue weighted by molar-refractivity contribution is 0.587. The molecule has 1 aliphatic heterocycles. The lowest BCUT2D eigenvalue weighted by Gasteiger charge is -2.30. The number of hydrogen-bond donors (Lipinski definition) is 1. The number of benzene rings is 1. The Labute approximate surface area is 118 Å². The number of nitrogen functional groups attached to an aromatic ring is 1. The molecule has 0 amide bonds. The normalized spacial score (nSPS) is 18.4. The van der Waals surface area contributed by atoms with E-state index in [0.717, 1.165) is 22.2 Å². The summed E-state index contributed by atoms with van der Waals surface area (Å²) in [5.74, 6) is 0.422. The first-order valence-corrected chi connectivity index (χ1v) is 8.39. The van der Waals surface area contributed by atoms with Crippen molar-refractivity contribution >= 4 is 32.0 Å². The Morgan fingerprint density at radius 1 is 1.20 bits per heavy atom. The van der Waals surface area contributed by atoms with Gasteiger partial charge in [0.15, 0.2) is 9.84 Å². The second-order valence-corrected chi connectivity index (χ2v) is 7.49. The number of anilines is 2. The van der Waals surface area contributed by atoms with Crippen molar-refractivity contribution in [3.05, 3.63) is 30.1 Å². The third-order valence-electron chi connectivity index (χ3n) is 3.73. The zero-order valence-electron chi connectivity index (χ0n) is 11.3. The van der Waals surface area contributed by atoms with E-state index in [1.54, 1.807) is 6.20 Å². The molecule has 2 heterocycles. The molecule has 0 spiro atoms. The van der Waals surface area contributed by atoms with Crippen LogP contribution in [0.5, 0.6) is 0 Å². The number of nitrogens with two attached hydrogens (primary N) is 1. The molecular formula is C14H17N3O2S. The highest BCUT2D eigenvalue weighted by molar-refractivity contribution is 7.91. The van der Waals surface area contributed by atoms with Crippen LogP contribution in [-0.4, -0.2) is 38.0 Å². The van der Waals surface area contributed by atoms with Crippen LogP contribution in [0.2, 0.25) is 0 Å². The van der Waals surface area contributed by atoms with Crippen LogP contribution in [0.1, 0.15) is 5.69 Å². The lowest BCUT2D eigenvalue weighted by Crippen LogP contribution is -2.40. The Balaban J connectivity index is 2.08. The fraction of sp³-hybridized carbons (Fsp3) is 0.357. The molecule has 0 unspecified atom stereocenters. The van der Waals surface area contributed by atoms with Crippen molar-refractivity contribution in [2.24, 2.45) is 0 Å². The van der Waals surface area contributed by atoms with Crippen molar-refractivity contribution in [1.29, 1.82) is 0 Å². The molecule has 106 valence electrons. The van der Waals surface area contributed by atoms with E-state index in [2.05, 4.69) is 9.88 Å². The van der Waals surface area contributed by atoms with Gasteiger partial charge in [-0.1, -0.05) is 0 Å². The van der Waals surface area contributed by atoms with E-state index in [0.29, 0.717) is 18.8 Å². The Kier molecular flexibility index (Phi) is 3.05. The Morgan fingerprint density at radius 2 is 1.90 bits per heavy atom. The van der Waals surface area contributed by atoms with Gasteiger partial charge in [-0.3, -0.25) is 4.98 Å². The van der Waals surface area contributed by atoms with Gasteiger partial charge in [0.2, 0.25) is 0 Å². The quantitative estimate of drug-likeness (QED) is 0.803. The standard InChI is InChI=1S/C14H17N3O2S/c1-10-8-11-12(9-16-10)13(15)2-3-14(11)17-4-6-20(18,19)7-5-17/h2-3,8-9H,4-7,15H2,1H3. The fourth-order valence-electron chi connectivity index (χ4n) is 2.58. The highest BCUT2D eigenvalue weighted by Crippen LogP contribution is 2.31. The predicted octanol–water partition coefficient (Wildman–Crippen LogP) is 1.36. The van der Waals surface area contributed by atoms with Crippen molar-refractivity contribution < 1.29 is 8.42 Å². The second-order valence-electron chi connectivity index (χ2n) is 5.18. The minimum absolute atomic E-state index is 0.211. The van der Waals surface area contributed by atoms with Crippen LogP contribution in [0.25, 0.3) is 10.8 Å². The first-order valence-electron chi connectivity index (χ1n) is 6.56. The molecule has 1 fully saturated rings. The van der Waals surface area contributed by atoms with Gasteiger partial charge in [0.25, 0.3) is 0 Å². The molecule has 2 N–H and O–H groups in total. The van der Waals surface area contributed by atoms with Crippen LogP contribution in [0.3, 0.4) is 0 Å². The first kappa shape index (κ1) is 13.2. The highest BCUT2D eigenvalue weighted by Gasteiger charge is 2.23. The number of rotatable bonds is 1. The van der Waals surface area contributed by atoms with Gasteiger partial charge in [0, 0.05) is 47.1 Å². The summed E-state index contributed by atoms with van der Waals surface area (Å²) in [4.78, 5) is 6.40. The van der Waals surface area contributed by atoms with Gasteiger partial charge in [-0.15, -0.1) is 0 Å². The largest absolute Gasteiger partial charge is 0.398 e. The van der Waals surface area contributed by atoms with Crippen LogP contribution >= 0.6 is 0 Å². The number of sulfone groups is 1. The van der Waals surface area contributed by atoms with Gasteiger partial charge in [0.05, 0.1) is 11.5 Å². The van der Waals surface area contributed by atoms with E-state index >= 15 is 0 Å². The molecular weight excluding hydrogens is 274 g/mol. The minimum atomic E-state index is -2.87. The van der Waals surface area contributed by atoms with Gasteiger partial charge in [-0.05, 0) is 25.1 Å². The van der Waals surface area contributed by atoms with Crippen molar-refractivity contribution in [2.45, 2.75) is 6.92 Å². The molecule has 0 aliphatic carbocycles. The number of fused-ring (bicyclic) bond motifs is 1. The Bertz CT molecular complexity index is 757. The molecule has 1 aromatic heterocycles. The smallest absolute Gasteiger partial charge is 0.153 e. The van der Waals surface area contributed by atoms with Crippen LogP contribution in [0.4, 0.5) is 11.4 Å². The van der Waals surface area contributed by atoms with Crippen LogP contribution < -0.4 is 10.6 Å². The lowest BCUT2D eigenvalue weighted by atomic mass is 10.1. The molecule has 1 saturated heterocycles. The monoisotopic (exact) mass is 291 g/mol. The molecule has 5 nitrogen and oxygen atoms in total. The topological polar surface area (TPSA) is 76.3 Å². The fourth-order valence-corrected chi connectivity index (χ4v) is 3.78. The van der Waals surface area contributed by atoms with Gasteiger partial charge in [0.1, 0.15) is 0 Å². The number of pyridine rings is 1. The van der Waals surface area contributed by atoms with Crippen molar-refractivity contribution in [3.63, 3.8) is 0 Å². The molecule has 1 aromatic carbocycles. The number of aryl methyl sites for hydroxylation is 1. The van der Waals surface area contributed by atoms with Gasteiger partial charge < -0.3 is 10.6 Å². The van der Waals surface area contributed by atoms with E-state index in [-0.39, 0.29) is 11.5 Å². The third-order valence-corrected chi connectivity index (χ3v) is 5.34. The van der Waals surface area contributed by atoms with E-state index in [1.165, 1.54) is 0 Å². The summed E-state index contributed by atoms with van der Waals surface area (Å²) in [6.45, 7) is 3.00. The van der Waals surface area contributed by atoms with Crippen molar-refractivity contribution in [1.82, 2.24) is 4.98 Å². The van der Waals surface area contributed by atoms with E-state index in [9.17, 15) is 8.42 Å². The molecule has 0 radical (unpaired) electrons.